The summed E-state index contributed by atoms with van der Waals surface area (Å²) in [7, 11) is 0. The molecule has 0 saturated carbocycles. The van der Waals surface area contributed by atoms with Crippen LogP contribution in [0.2, 0.25) is 0 Å². The molecule has 0 spiro atoms. The van der Waals surface area contributed by atoms with Gasteiger partial charge in [0.05, 0.1) is 0 Å². The largest absolute Gasteiger partial charge is 0.482 e. The summed E-state index contributed by atoms with van der Waals surface area (Å²) in [4.78, 5) is 47.8. The Kier molecular flexibility index (Phi) is 6.78. The van der Waals surface area contributed by atoms with Gasteiger partial charge < -0.3 is 19.2 Å². The van der Waals surface area contributed by atoms with Gasteiger partial charge >= 0.3 is 11.6 Å². The van der Waals surface area contributed by atoms with E-state index in [0.29, 0.717) is 33.5 Å². The summed E-state index contributed by atoms with van der Waals surface area (Å²) in [6.07, 6.45) is 0. The van der Waals surface area contributed by atoms with E-state index >= 15 is 0 Å². The van der Waals surface area contributed by atoms with E-state index in [2.05, 4.69) is 5.32 Å². The normalized spacial score (nSPS) is 10.5. The lowest BCUT2D eigenvalue weighted by Gasteiger charge is -2.08. The van der Waals surface area contributed by atoms with Gasteiger partial charge in [0.25, 0.3) is 5.91 Å². The van der Waals surface area contributed by atoms with Crippen LogP contribution in [-0.4, -0.2) is 30.9 Å². The fraction of sp³-hybridized carbons (Fsp3) is 0.0769. The highest BCUT2D eigenvalue weighted by atomic mass is 16.6. The molecule has 0 bridgehead atoms. The van der Waals surface area contributed by atoms with Crippen LogP contribution in [0.25, 0.3) is 11.0 Å². The summed E-state index contributed by atoms with van der Waals surface area (Å²) in [5.74, 6) is -1.07. The topological polar surface area (TPSA) is 112 Å². The number of fused-ring (bicyclic) bond motifs is 1. The highest BCUT2D eigenvalue weighted by Gasteiger charge is 2.12. The molecule has 8 nitrogen and oxygen atoms in total. The Hall–Kier alpha value is -4.72. The van der Waals surface area contributed by atoms with Gasteiger partial charge in [0, 0.05) is 34.3 Å². The van der Waals surface area contributed by atoms with E-state index in [9.17, 15) is 19.2 Å². The smallest absolute Gasteiger partial charge is 0.344 e. The second-order valence-electron chi connectivity index (χ2n) is 7.22. The third-order valence-corrected chi connectivity index (χ3v) is 4.82. The summed E-state index contributed by atoms with van der Waals surface area (Å²) in [6.45, 7) is -0.870. The Morgan fingerprint density at radius 1 is 0.794 bits per heavy atom. The van der Waals surface area contributed by atoms with E-state index in [1.807, 2.05) is 6.07 Å². The standard InChI is InChI=1S/C26H19NO7/c28-22(17-6-10-20(11-7-17)27-26(31)19-4-2-1-3-5-19)15-33-25(30)16-32-21-12-8-18-9-13-24(29)34-23(18)14-21/h1-14H,15-16H2,(H,27,31). The highest BCUT2D eigenvalue weighted by molar-refractivity contribution is 6.04. The van der Waals surface area contributed by atoms with Gasteiger partial charge in [0.1, 0.15) is 11.3 Å². The van der Waals surface area contributed by atoms with Crippen molar-refractivity contribution in [2.24, 2.45) is 0 Å². The number of hydrogen-bond donors (Lipinski definition) is 1. The highest BCUT2D eigenvalue weighted by Crippen LogP contribution is 2.19. The molecule has 8 heteroatoms. The number of ketones is 1. The first-order chi connectivity index (χ1) is 16.5. The summed E-state index contributed by atoms with van der Waals surface area (Å²) in [5.41, 5.74) is 1.22. The molecule has 1 heterocycles. The second-order valence-corrected chi connectivity index (χ2v) is 7.22. The van der Waals surface area contributed by atoms with E-state index < -0.39 is 30.6 Å². The minimum atomic E-state index is -0.727. The predicted molar refractivity (Wildman–Crippen MR) is 124 cm³/mol. The van der Waals surface area contributed by atoms with Crippen LogP contribution in [0.5, 0.6) is 5.75 Å². The first kappa shape index (κ1) is 22.5. The molecule has 0 fully saturated rings. The maximum Gasteiger partial charge on any atom is 0.344 e. The Bertz CT molecular complexity index is 1390. The van der Waals surface area contributed by atoms with Crippen molar-refractivity contribution in [3.8, 4) is 5.75 Å². The molecular formula is C26H19NO7. The molecule has 4 rings (SSSR count). The molecule has 1 N–H and O–H groups in total. The van der Waals surface area contributed by atoms with E-state index in [1.54, 1.807) is 54.6 Å². The van der Waals surface area contributed by atoms with Crippen molar-refractivity contribution in [2.75, 3.05) is 18.5 Å². The van der Waals surface area contributed by atoms with Crippen LogP contribution in [0.1, 0.15) is 20.7 Å². The number of benzene rings is 3. The van der Waals surface area contributed by atoms with Gasteiger partial charge in [-0.3, -0.25) is 9.59 Å². The summed E-state index contributed by atoms with van der Waals surface area (Å²) < 4.78 is 15.4. The third kappa shape index (κ3) is 5.74. The molecule has 170 valence electrons. The van der Waals surface area contributed by atoms with Gasteiger partial charge in [-0.15, -0.1) is 0 Å². The molecule has 1 amide bonds. The van der Waals surface area contributed by atoms with E-state index in [-0.39, 0.29) is 5.91 Å². The number of carbonyl (C=O) groups is 3. The lowest BCUT2D eigenvalue weighted by Crippen LogP contribution is -2.19. The van der Waals surface area contributed by atoms with Gasteiger partial charge in [-0.2, -0.15) is 0 Å². The number of hydrogen-bond acceptors (Lipinski definition) is 7. The van der Waals surface area contributed by atoms with Crippen molar-refractivity contribution in [2.45, 2.75) is 0 Å². The Balaban J connectivity index is 1.25. The molecule has 4 aromatic rings. The van der Waals surface area contributed by atoms with Crippen molar-refractivity contribution in [3.05, 3.63) is 106 Å². The number of amides is 1. The molecule has 0 aliphatic carbocycles. The molecule has 0 saturated heterocycles. The molecule has 0 atom stereocenters. The quantitative estimate of drug-likeness (QED) is 0.243. The van der Waals surface area contributed by atoms with E-state index in [0.717, 1.165) is 0 Å². The molecular weight excluding hydrogens is 438 g/mol. The van der Waals surface area contributed by atoms with Crippen molar-refractivity contribution in [1.82, 2.24) is 0 Å². The Morgan fingerprint density at radius 3 is 2.29 bits per heavy atom. The number of anilines is 1. The average Bonchev–Trinajstić information content (AvgIpc) is 2.86. The van der Waals surface area contributed by atoms with Gasteiger partial charge in [0.2, 0.25) is 0 Å². The maximum absolute atomic E-state index is 12.3. The number of nitrogens with one attached hydrogen (secondary N) is 1. The summed E-state index contributed by atoms with van der Waals surface area (Å²) in [6, 6.07) is 22.8. The van der Waals surface area contributed by atoms with Gasteiger partial charge in [-0.25, -0.2) is 9.59 Å². The van der Waals surface area contributed by atoms with Gasteiger partial charge in [-0.05, 0) is 54.6 Å². The molecule has 3 aromatic carbocycles. The monoisotopic (exact) mass is 457 g/mol. The summed E-state index contributed by atoms with van der Waals surface area (Å²) in [5, 5.41) is 3.46. The number of ether oxygens (including phenoxy) is 2. The van der Waals surface area contributed by atoms with Crippen molar-refractivity contribution in [3.63, 3.8) is 0 Å². The maximum atomic E-state index is 12.3. The van der Waals surface area contributed by atoms with Crippen LogP contribution < -0.4 is 15.7 Å². The minimum absolute atomic E-state index is 0.262. The SMILES string of the molecule is O=C(COc1ccc2ccc(=O)oc2c1)OCC(=O)c1ccc(NC(=O)c2ccccc2)cc1. The average molecular weight is 457 g/mol. The molecule has 0 aliphatic heterocycles. The van der Waals surface area contributed by atoms with E-state index in [1.165, 1.54) is 24.3 Å². The van der Waals surface area contributed by atoms with Crippen molar-refractivity contribution >= 4 is 34.3 Å². The zero-order valence-electron chi connectivity index (χ0n) is 17.9. The minimum Gasteiger partial charge on any atom is -0.482 e. The van der Waals surface area contributed by atoms with Crippen LogP contribution in [0.15, 0.2) is 94.1 Å². The molecule has 34 heavy (non-hydrogen) atoms. The molecule has 1 aromatic heterocycles. The Labute approximate surface area is 193 Å². The van der Waals surface area contributed by atoms with Crippen LogP contribution >= 0.6 is 0 Å². The van der Waals surface area contributed by atoms with Gasteiger partial charge in [0.15, 0.2) is 19.0 Å². The molecule has 0 unspecified atom stereocenters. The molecule has 0 aliphatic rings. The van der Waals surface area contributed by atoms with Gasteiger partial charge in [-0.1, -0.05) is 18.2 Å². The fourth-order valence-corrected chi connectivity index (χ4v) is 3.08. The van der Waals surface area contributed by atoms with Crippen LogP contribution in [-0.2, 0) is 9.53 Å². The second kappa shape index (κ2) is 10.3. The number of Topliss-reactive ketones (excluding diaryl/α,β-unsaturated/α-hetero) is 1. The first-order valence-electron chi connectivity index (χ1n) is 10.3. The number of esters is 1. The summed E-state index contributed by atoms with van der Waals surface area (Å²) >= 11 is 0. The lowest BCUT2D eigenvalue weighted by atomic mass is 10.1. The third-order valence-electron chi connectivity index (χ3n) is 4.82. The van der Waals surface area contributed by atoms with Crippen molar-refractivity contribution < 1.29 is 28.3 Å². The van der Waals surface area contributed by atoms with Crippen LogP contribution in [0.3, 0.4) is 0 Å². The number of rotatable bonds is 8. The molecule has 0 radical (unpaired) electrons. The lowest BCUT2D eigenvalue weighted by molar-refractivity contribution is -0.144. The van der Waals surface area contributed by atoms with Crippen LogP contribution in [0, 0.1) is 0 Å². The Morgan fingerprint density at radius 2 is 1.53 bits per heavy atom. The zero-order valence-corrected chi connectivity index (χ0v) is 17.9. The fourth-order valence-electron chi connectivity index (χ4n) is 3.08. The van der Waals surface area contributed by atoms with Crippen molar-refractivity contribution in [1.29, 1.82) is 0 Å². The predicted octanol–water partition coefficient (Wildman–Crippen LogP) is 3.85. The zero-order chi connectivity index (χ0) is 23.9. The van der Waals surface area contributed by atoms with E-state index in [4.69, 9.17) is 13.9 Å². The number of carbonyl (C=O) groups excluding carboxylic acids is 3. The van der Waals surface area contributed by atoms with Crippen LogP contribution in [0.4, 0.5) is 5.69 Å². The first-order valence-corrected chi connectivity index (χ1v) is 10.3.